The smallest absolute Gasteiger partial charge is 0.120 e. The fourth-order valence-electron chi connectivity index (χ4n) is 1.09. The predicted octanol–water partition coefficient (Wildman–Crippen LogP) is 1.68. The molecule has 3 heteroatoms. The Balaban J connectivity index is 2.39. The standard InChI is InChI=1S/C11H14N2O/c12-6-1-2-7-14-11-5-3-4-10(8-11)9-13/h3-5,8H,1-2,6-7,12H2. The molecule has 0 saturated carbocycles. The van der Waals surface area contributed by atoms with Crippen LogP contribution in [0.5, 0.6) is 5.75 Å². The van der Waals surface area contributed by atoms with E-state index in [0.717, 1.165) is 18.6 Å². The Morgan fingerprint density at radius 1 is 1.36 bits per heavy atom. The van der Waals surface area contributed by atoms with Gasteiger partial charge in [0, 0.05) is 0 Å². The van der Waals surface area contributed by atoms with E-state index in [9.17, 15) is 0 Å². The fourth-order valence-corrected chi connectivity index (χ4v) is 1.09. The van der Waals surface area contributed by atoms with Crippen molar-refractivity contribution in [2.75, 3.05) is 13.2 Å². The Morgan fingerprint density at radius 2 is 2.21 bits per heavy atom. The summed E-state index contributed by atoms with van der Waals surface area (Å²) in [5.41, 5.74) is 5.98. The third kappa shape index (κ3) is 3.46. The van der Waals surface area contributed by atoms with Crippen molar-refractivity contribution >= 4 is 0 Å². The summed E-state index contributed by atoms with van der Waals surface area (Å²) >= 11 is 0. The minimum atomic E-state index is 0.626. The van der Waals surface area contributed by atoms with Crippen LogP contribution in [0.15, 0.2) is 24.3 Å². The Labute approximate surface area is 84.1 Å². The Kier molecular flexibility index (Phi) is 4.53. The fraction of sp³-hybridized carbons (Fsp3) is 0.364. The maximum absolute atomic E-state index is 8.65. The third-order valence-corrected chi connectivity index (χ3v) is 1.83. The number of hydrogen-bond donors (Lipinski definition) is 1. The SMILES string of the molecule is N#Cc1cccc(OCCCCN)c1. The molecule has 0 aliphatic heterocycles. The first-order valence-corrected chi connectivity index (χ1v) is 4.70. The van der Waals surface area contributed by atoms with E-state index >= 15 is 0 Å². The van der Waals surface area contributed by atoms with E-state index in [1.165, 1.54) is 0 Å². The lowest BCUT2D eigenvalue weighted by atomic mass is 10.2. The zero-order valence-corrected chi connectivity index (χ0v) is 8.07. The highest BCUT2D eigenvalue weighted by atomic mass is 16.5. The summed E-state index contributed by atoms with van der Waals surface area (Å²) in [6.07, 6.45) is 1.92. The van der Waals surface area contributed by atoms with Crippen LogP contribution in [0.3, 0.4) is 0 Å². The topological polar surface area (TPSA) is 59.0 Å². The van der Waals surface area contributed by atoms with Crippen LogP contribution in [0.4, 0.5) is 0 Å². The largest absolute Gasteiger partial charge is 0.494 e. The molecule has 2 N–H and O–H groups in total. The number of rotatable bonds is 5. The van der Waals surface area contributed by atoms with Gasteiger partial charge in [-0.15, -0.1) is 0 Å². The quantitative estimate of drug-likeness (QED) is 0.718. The van der Waals surface area contributed by atoms with E-state index < -0.39 is 0 Å². The van der Waals surface area contributed by atoms with Crippen molar-refractivity contribution in [3.63, 3.8) is 0 Å². The van der Waals surface area contributed by atoms with Gasteiger partial charge in [0.15, 0.2) is 0 Å². The van der Waals surface area contributed by atoms with Gasteiger partial charge in [-0.05, 0) is 37.6 Å². The van der Waals surface area contributed by atoms with E-state index in [4.69, 9.17) is 15.7 Å². The van der Waals surface area contributed by atoms with Gasteiger partial charge in [-0.3, -0.25) is 0 Å². The summed E-state index contributed by atoms with van der Waals surface area (Å²) in [6, 6.07) is 9.23. The molecule has 3 nitrogen and oxygen atoms in total. The third-order valence-electron chi connectivity index (χ3n) is 1.83. The van der Waals surface area contributed by atoms with Gasteiger partial charge in [-0.2, -0.15) is 5.26 Å². The van der Waals surface area contributed by atoms with Crippen LogP contribution in [-0.4, -0.2) is 13.2 Å². The van der Waals surface area contributed by atoms with Crippen molar-refractivity contribution in [2.45, 2.75) is 12.8 Å². The van der Waals surface area contributed by atoms with Crippen molar-refractivity contribution in [1.82, 2.24) is 0 Å². The predicted molar refractivity (Wildman–Crippen MR) is 54.9 cm³/mol. The molecule has 0 unspecified atom stereocenters. The van der Waals surface area contributed by atoms with Crippen LogP contribution < -0.4 is 10.5 Å². The molecule has 0 aromatic heterocycles. The van der Waals surface area contributed by atoms with E-state index in [0.29, 0.717) is 18.7 Å². The van der Waals surface area contributed by atoms with Gasteiger partial charge in [0.1, 0.15) is 5.75 Å². The molecular weight excluding hydrogens is 176 g/mol. The van der Waals surface area contributed by atoms with Crippen LogP contribution in [-0.2, 0) is 0 Å². The first-order chi connectivity index (χ1) is 6.86. The van der Waals surface area contributed by atoms with E-state index in [2.05, 4.69) is 6.07 Å². The van der Waals surface area contributed by atoms with Gasteiger partial charge >= 0.3 is 0 Å². The molecule has 74 valence electrons. The summed E-state index contributed by atoms with van der Waals surface area (Å²) < 4.78 is 5.44. The summed E-state index contributed by atoms with van der Waals surface area (Å²) in [7, 11) is 0. The summed E-state index contributed by atoms with van der Waals surface area (Å²) in [5, 5.41) is 8.65. The molecule has 0 spiro atoms. The second-order valence-corrected chi connectivity index (χ2v) is 2.98. The molecular formula is C11H14N2O. The molecule has 1 rings (SSSR count). The van der Waals surface area contributed by atoms with Crippen LogP contribution in [0, 0.1) is 11.3 Å². The van der Waals surface area contributed by atoms with Crippen molar-refractivity contribution < 1.29 is 4.74 Å². The molecule has 0 amide bonds. The van der Waals surface area contributed by atoms with Gasteiger partial charge in [-0.25, -0.2) is 0 Å². The number of nitriles is 1. The highest BCUT2D eigenvalue weighted by Crippen LogP contribution is 2.12. The molecule has 0 saturated heterocycles. The lowest BCUT2D eigenvalue weighted by Gasteiger charge is -2.05. The average Bonchev–Trinajstić information content (AvgIpc) is 2.25. The maximum atomic E-state index is 8.65. The lowest BCUT2D eigenvalue weighted by molar-refractivity contribution is 0.308. The van der Waals surface area contributed by atoms with Crippen molar-refractivity contribution in [3.8, 4) is 11.8 Å². The first kappa shape index (κ1) is 10.6. The van der Waals surface area contributed by atoms with Crippen LogP contribution >= 0.6 is 0 Å². The Morgan fingerprint density at radius 3 is 2.93 bits per heavy atom. The number of unbranched alkanes of at least 4 members (excludes halogenated alkanes) is 1. The van der Waals surface area contributed by atoms with Gasteiger partial charge in [0.25, 0.3) is 0 Å². The van der Waals surface area contributed by atoms with Crippen LogP contribution in [0.25, 0.3) is 0 Å². The van der Waals surface area contributed by atoms with Crippen molar-refractivity contribution in [1.29, 1.82) is 5.26 Å². The molecule has 0 fully saturated rings. The molecule has 0 heterocycles. The highest BCUT2D eigenvalue weighted by molar-refractivity contribution is 5.36. The molecule has 0 aliphatic carbocycles. The van der Waals surface area contributed by atoms with Gasteiger partial charge < -0.3 is 10.5 Å². The second-order valence-electron chi connectivity index (χ2n) is 2.98. The second kappa shape index (κ2) is 6.01. The normalized spacial score (nSPS) is 9.43. The summed E-state index contributed by atoms with van der Waals surface area (Å²) in [5.74, 6) is 0.751. The van der Waals surface area contributed by atoms with Gasteiger partial charge in [0.2, 0.25) is 0 Å². The highest BCUT2D eigenvalue weighted by Gasteiger charge is 1.95. The number of nitrogens with zero attached hydrogens (tertiary/aromatic N) is 1. The van der Waals surface area contributed by atoms with E-state index in [-0.39, 0.29) is 0 Å². The zero-order valence-electron chi connectivity index (χ0n) is 8.07. The van der Waals surface area contributed by atoms with E-state index in [1.54, 1.807) is 12.1 Å². The van der Waals surface area contributed by atoms with Crippen LogP contribution in [0.1, 0.15) is 18.4 Å². The molecule has 0 radical (unpaired) electrons. The maximum Gasteiger partial charge on any atom is 0.120 e. The van der Waals surface area contributed by atoms with Crippen molar-refractivity contribution in [3.05, 3.63) is 29.8 Å². The van der Waals surface area contributed by atoms with E-state index in [1.807, 2.05) is 12.1 Å². The minimum absolute atomic E-state index is 0.626. The number of benzene rings is 1. The minimum Gasteiger partial charge on any atom is -0.494 e. The van der Waals surface area contributed by atoms with Crippen LogP contribution in [0.2, 0.25) is 0 Å². The molecule has 1 aromatic carbocycles. The number of ether oxygens (including phenoxy) is 1. The Bertz CT molecular complexity index is 317. The number of nitrogens with two attached hydrogens (primary N) is 1. The summed E-state index contributed by atoms with van der Waals surface area (Å²) in [4.78, 5) is 0. The number of hydrogen-bond acceptors (Lipinski definition) is 3. The first-order valence-electron chi connectivity index (χ1n) is 4.70. The average molecular weight is 190 g/mol. The van der Waals surface area contributed by atoms with Gasteiger partial charge in [0.05, 0.1) is 18.2 Å². The lowest BCUT2D eigenvalue weighted by Crippen LogP contribution is -2.03. The molecule has 0 aliphatic rings. The molecule has 14 heavy (non-hydrogen) atoms. The zero-order chi connectivity index (χ0) is 10.2. The monoisotopic (exact) mass is 190 g/mol. The molecule has 0 bridgehead atoms. The molecule has 1 aromatic rings. The Hall–Kier alpha value is -1.53. The van der Waals surface area contributed by atoms with Crippen molar-refractivity contribution in [2.24, 2.45) is 5.73 Å². The van der Waals surface area contributed by atoms with Gasteiger partial charge in [-0.1, -0.05) is 6.07 Å². The molecule has 0 atom stereocenters. The summed E-state index contributed by atoms with van der Waals surface area (Å²) in [6.45, 7) is 1.35.